The Labute approximate surface area is 114 Å². The number of nitrogens with one attached hydrogen (secondary N) is 1. The normalized spacial score (nSPS) is 11.4. The van der Waals surface area contributed by atoms with Gasteiger partial charge in [-0.1, -0.05) is 26.0 Å². The van der Waals surface area contributed by atoms with Gasteiger partial charge >= 0.3 is 0 Å². The average molecular weight is 266 g/mol. The molecule has 3 N–H and O–H groups in total. The van der Waals surface area contributed by atoms with E-state index in [0.29, 0.717) is 19.4 Å². The number of carbonyl (C=O) groups is 1. The summed E-state index contributed by atoms with van der Waals surface area (Å²) in [5.41, 5.74) is 6.76. The third-order valence-corrected chi connectivity index (χ3v) is 3.60. The second-order valence-corrected chi connectivity index (χ2v) is 4.97. The zero-order chi connectivity index (χ0) is 14.3. The first-order valence-electron chi connectivity index (χ1n) is 6.79. The Morgan fingerprint density at radius 2 is 1.84 bits per heavy atom. The van der Waals surface area contributed by atoms with Gasteiger partial charge in [0.15, 0.2) is 0 Å². The van der Waals surface area contributed by atoms with Crippen molar-refractivity contribution in [2.24, 2.45) is 5.73 Å². The van der Waals surface area contributed by atoms with Gasteiger partial charge in [-0.3, -0.25) is 4.79 Å². The van der Waals surface area contributed by atoms with Crippen LogP contribution in [0.4, 0.5) is 4.39 Å². The third-order valence-electron chi connectivity index (χ3n) is 3.60. The Balaban J connectivity index is 2.34. The Kier molecular flexibility index (Phi) is 5.96. The van der Waals surface area contributed by atoms with E-state index in [9.17, 15) is 9.18 Å². The lowest BCUT2D eigenvalue weighted by atomic mass is 9.94. The molecule has 106 valence electrons. The first-order chi connectivity index (χ1) is 8.99. The molecule has 0 bridgehead atoms. The van der Waals surface area contributed by atoms with E-state index in [4.69, 9.17) is 5.73 Å². The van der Waals surface area contributed by atoms with Crippen LogP contribution in [0.3, 0.4) is 0 Å². The number of hydrogen-bond donors (Lipinski definition) is 2. The Hall–Kier alpha value is -1.42. The topological polar surface area (TPSA) is 55.1 Å². The van der Waals surface area contributed by atoms with Gasteiger partial charge in [-0.2, -0.15) is 0 Å². The molecular weight excluding hydrogens is 243 g/mol. The molecule has 1 amide bonds. The number of hydrogen-bond acceptors (Lipinski definition) is 2. The highest BCUT2D eigenvalue weighted by atomic mass is 19.1. The predicted molar refractivity (Wildman–Crippen MR) is 75.2 cm³/mol. The van der Waals surface area contributed by atoms with E-state index in [1.807, 2.05) is 13.8 Å². The molecule has 0 atom stereocenters. The van der Waals surface area contributed by atoms with E-state index < -0.39 is 0 Å². The van der Waals surface area contributed by atoms with Crippen molar-refractivity contribution < 1.29 is 9.18 Å². The Bertz CT molecular complexity index is 399. The van der Waals surface area contributed by atoms with Crippen LogP contribution >= 0.6 is 0 Å². The van der Waals surface area contributed by atoms with E-state index in [0.717, 1.165) is 18.4 Å². The van der Waals surface area contributed by atoms with Crippen LogP contribution in [0.15, 0.2) is 24.3 Å². The molecule has 3 nitrogen and oxygen atoms in total. The van der Waals surface area contributed by atoms with E-state index in [1.165, 1.54) is 12.1 Å². The molecular formula is C15H23FN2O. The Morgan fingerprint density at radius 3 is 2.37 bits per heavy atom. The summed E-state index contributed by atoms with van der Waals surface area (Å²) in [6.45, 7) is 4.55. The first kappa shape index (κ1) is 15.6. The average Bonchev–Trinajstić information content (AvgIpc) is 2.44. The fourth-order valence-corrected chi connectivity index (χ4v) is 1.77. The highest BCUT2D eigenvalue weighted by molar-refractivity contribution is 5.76. The van der Waals surface area contributed by atoms with Crippen LogP contribution in [0.25, 0.3) is 0 Å². The quantitative estimate of drug-likeness (QED) is 0.796. The van der Waals surface area contributed by atoms with Gasteiger partial charge in [-0.25, -0.2) is 4.39 Å². The summed E-state index contributed by atoms with van der Waals surface area (Å²) in [6, 6.07) is 6.22. The van der Waals surface area contributed by atoms with Gasteiger partial charge in [0.2, 0.25) is 5.91 Å². The standard InChI is InChI=1S/C15H23FN2O/c1-3-15(17,4-2)11-18-14(19)10-7-12-5-8-13(16)9-6-12/h5-6,8-9H,3-4,7,10-11,17H2,1-2H3,(H,18,19). The monoisotopic (exact) mass is 266 g/mol. The van der Waals surface area contributed by atoms with Crippen molar-refractivity contribution in [1.82, 2.24) is 5.32 Å². The fourth-order valence-electron chi connectivity index (χ4n) is 1.77. The molecule has 0 radical (unpaired) electrons. The lowest BCUT2D eigenvalue weighted by molar-refractivity contribution is -0.121. The zero-order valence-electron chi connectivity index (χ0n) is 11.7. The van der Waals surface area contributed by atoms with Gasteiger partial charge in [-0.15, -0.1) is 0 Å². The highest BCUT2D eigenvalue weighted by Crippen LogP contribution is 2.10. The summed E-state index contributed by atoms with van der Waals surface area (Å²) >= 11 is 0. The lowest BCUT2D eigenvalue weighted by Crippen LogP contribution is -2.49. The summed E-state index contributed by atoms with van der Waals surface area (Å²) in [5, 5.41) is 2.87. The summed E-state index contributed by atoms with van der Waals surface area (Å²) in [5.74, 6) is -0.270. The van der Waals surface area contributed by atoms with Gasteiger partial charge in [-0.05, 0) is 37.0 Å². The van der Waals surface area contributed by atoms with Crippen LogP contribution in [-0.4, -0.2) is 18.0 Å². The number of carbonyl (C=O) groups excluding carboxylic acids is 1. The van der Waals surface area contributed by atoms with Crippen LogP contribution in [0.5, 0.6) is 0 Å². The SMILES string of the molecule is CCC(N)(CC)CNC(=O)CCc1ccc(F)cc1. The van der Waals surface area contributed by atoms with Crippen molar-refractivity contribution in [3.63, 3.8) is 0 Å². The number of benzene rings is 1. The lowest BCUT2D eigenvalue weighted by Gasteiger charge is -2.26. The summed E-state index contributed by atoms with van der Waals surface area (Å²) < 4.78 is 12.7. The largest absolute Gasteiger partial charge is 0.354 e. The van der Waals surface area contributed by atoms with Gasteiger partial charge in [0, 0.05) is 18.5 Å². The molecule has 19 heavy (non-hydrogen) atoms. The second kappa shape index (κ2) is 7.24. The summed E-state index contributed by atoms with van der Waals surface area (Å²) in [4.78, 5) is 11.7. The maximum Gasteiger partial charge on any atom is 0.220 e. The highest BCUT2D eigenvalue weighted by Gasteiger charge is 2.20. The number of halogens is 1. The van der Waals surface area contributed by atoms with Crippen molar-refractivity contribution >= 4 is 5.91 Å². The Morgan fingerprint density at radius 1 is 1.26 bits per heavy atom. The van der Waals surface area contributed by atoms with Gasteiger partial charge in [0.05, 0.1) is 0 Å². The molecule has 1 aromatic rings. The van der Waals surface area contributed by atoms with Crippen LogP contribution in [-0.2, 0) is 11.2 Å². The smallest absolute Gasteiger partial charge is 0.220 e. The minimum atomic E-state index is -0.314. The van der Waals surface area contributed by atoms with E-state index in [1.54, 1.807) is 12.1 Å². The molecule has 0 fully saturated rings. The molecule has 0 saturated carbocycles. The molecule has 0 aliphatic rings. The first-order valence-corrected chi connectivity index (χ1v) is 6.79. The predicted octanol–water partition coefficient (Wildman–Crippen LogP) is 2.39. The van der Waals surface area contributed by atoms with Crippen molar-refractivity contribution in [3.8, 4) is 0 Å². The van der Waals surface area contributed by atoms with Crippen molar-refractivity contribution in [1.29, 1.82) is 0 Å². The van der Waals surface area contributed by atoms with Crippen molar-refractivity contribution in [3.05, 3.63) is 35.6 Å². The van der Waals surface area contributed by atoms with E-state index in [-0.39, 0.29) is 17.3 Å². The molecule has 0 spiro atoms. The van der Waals surface area contributed by atoms with Crippen molar-refractivity contribution in [2.75, 3.05) is 6.54 Å². The van der Waals surface area contributed by atoms with Gasteiger partial charge in [0.1, 0.15) is 5.82 Å². The van der Waals surface area contributed by atoms with E-state index in [2.05, 4.69) is 5.32 Å². The van der Waals surface area contributed by atoms with Crippen molar-refractivity contribution in [2.45, 2.75) is 45.1 Å². The molecule has 0 unspecified atom stereocenters. The number of nitrogens with two attached hydrogens (primary N) is 1. The molecule has 0 aliphatic carbocycles. The maximum absolute atomic E-state index is 12.7. The summed E-state index contributed by atoms with van der Waals surface area (Å²) in [6.07, 6.45) is 2.68. The number of rotatable bonds is 7. The third kappa shape index (κ3) is 5.39. The molecule has 1 rings (SSSR count). The van der Waals surface area contributed by atoms with E-state index >= 15 is 0 Å². The molecule has 0 heterocycles. The molecule has 0 saturated heterocycles. The molecule has 0 aromatic heterocycles. The molecule has 1 aromatic carbocycles. The maximum atomic E-state index is 12.7. The van der Waals surface area contributed by atoms with Crippen LogP contribution in [0.1, 0.15) is 38.7 Å². The van der Waals surface area contributed by atoms with Crippen LogP contribution < -0.4 is 11.1 Å². The van der Waals surface area contributed by atoms with Gasteiger partial charge < -0.3 is 11.1 Å². The van der Waals surface area contributed by atoms with Gasteiger partial charge in [0.25, 0.3) is 0 Å². The van der Waals surface area contributed by atoms with Crippen LogP contribution in [0.2, 0.25) is 0 Å². The molecule has 0 aliphatic heterocycles. The minimum absolute atomic E-state index is 0.0129. The number of amides is 1. The zero-order valence-corrected chi connectivity index (χ0v) is 11.7. The second-order valence-electron chi connectivity index (χ2n) is 4.97. The van der Waals surface area contributed by atoms with Crippen LogP contribution in [0, 0.1) is 5.82 Å². The minimum Gasteiger partial charge on any atom is -0.354 e. The summed E-state index contributed by atoms with van der Waals surface area (Å²) in [7, 11) is 0. The molecule has 4 heteroatoms. The fraction of sp³-hybridized carbons (Fsp3) is 0.533. The number of aryl methyl sites for hydroxylation is 1.